The van der Waals surface area contributed by atoms with E-state index >= 15 is 0 Å². The Bertz CT molecular complexity index is 1080. The maximum absolute atomic E-state index is 6.26. The molecule has 0 amide bonds. The van der Waals surface area contributed by atoms with Crippen molar-refractivity contribution >= 4 is 11.6 Å². The van der Waals surface area contributed by atoms with Gasteiger partial charge in [0.15, 0.2) is 0 Å². The maximum Gasteiger partial charge on any atom is 0.135 e. The minimum Gasteiger partial charge on any atom is -0.378 e. The van der Waals surface area contributed by atoms with Crippen LogP contribution in [0.2, 0.25) is 5.02 Å². The lowest BCUT2D eigenvalue weighted by molar-refractivity contribution is 0.180. The van der Waals surface area contributed by atoms with Crippen LogP contribution in [0, 0.1) is 17.3 Å². The third-order valence-corrected chi connectivity index (χ3v) is 4.54. The van der Waals surface area contributed by atoms with Crippen LogP contribution in [0.25, 0.3) is 11.4 Å². The van der Waals surface area contributed by atoms with Gasteiger partial charge in [-0.15, -0.1) is 5.10 Å². The second kappa shape index (κ2) is 6.52. The highest BCUT2D eigenvalue weighted by Crippen LogP contribution is 2.31. The summed E-state index contributed by atoms with van der Waals surface area (Å²) >= 11 is 6.26. The molecule has 0 bridgehead atoms. The Hall–Kier alpha value is -2.62. The van der Waals surface area contributed by atoms with E-state index in [-0.39, 0.29) is 5.41 Å². The first kappa shape index (κ1) is 17.8. The maximum atomic E-state index is 6.26. The van der Waals surface area contributed by atoms with Crippen LogP contribution in [0.5, 0.6) is 0 Å². The molecule has 0 unspecified atom stereocenters. The van der Waals surface area contributed by atoms with E-state index in [2.05, 4.69) is 52.5 Å². The Kier molecular flexibility index (Phi) is 4.29. The number of halogens is 1. The van der Waals surface area contributed by atoms with E-state index in [0.29, 0.717) is 18.1 Å². The molecular weight excluding hydrogens is 362 g/mol. The van der Waals surface area contributed by atoms with Crippen LogP contribution in [0.15, 0.2) is 24.5 Å². The van der Waals surface area contributed by atoms with Crippen molar-refractivity contribution in [3.63, 3.8) is 0 Å². The summed E-state index contributed by atoms with van der Waals surface area (Å²) in [5, 5.41) is 9.30. The number of nitrogens with zero attached hydrogens (tertiary/aromatic N) is 5. The van der Waals surface area contributed by atoms with E-state index in [0.717, 1.165) is 34.2 Å². The molecule has 3 heterocycles. The fourth-order valence-electron chi connectivity index (χ4n) is 3.08. The first-order valence-corrected chi connectivity index (χ1v) is 9.07. The molecule has 27 heavy (non-hydrogen) atoms. The van der Waals surface area contributed by atoms with Crippen LogP contribution in [0.3, 0.4) is 0 Å². The van der Waals surface area contributed by atoms with Crippen molar-refractivity contribution < 1.29 is 4.74 Å². The normalized spacial score (nSPS) is 12.5. The van der Waals surface area contributed by atoms with Crippen molar-refractivity contribution in [3.05, 3.63) is 52.3 Å². The summed E-state index contributed by atoms with van der Waals surface area (Å²) < 4.78 is 9.20. The third-order valence-electron chi connectivity index (χ3n) is 4.31. The molecule has 138 valence electrons. The van der Waals surface area contributed by atoms with Gasteiger partial charge in [-0.3, -0.25) is 4.57 Å². The third kappa shape index (κ3) is 3.25. The molecule has 0 radical (unpaired) electrons. The van der Waals surface area contributed by atoms with Gasteiger partial charge in [0, 0.05) is 24.0 Å². The zero-order chi connectivity index (χ0) is 19.2. The van der Waals surface area contributed by atoms with Crippen molar-refractivity contribution in [3.8, 4) is 23.2 Å². The zero-order valence-electron chi connectivity index (χ0n) is 15.7. The molecule has 1 aliphatic rings. The van der Waals surface area contributed by atoms with Gasteiger partial charge in [0.1, 0.15) is 17.7 Å². The van der Waals surface area contributed by atoms with E-state index in [1.807, 2.05) is 29.2 Å². The number of benzene rings is 1. The van der Waals surface area contributed by atoms with Gasteiger partial charge in [-0.1, -0.05) is 22.7 Å². The van der Waals surface area contributed by atoms with Crippen molar-refractivity contribution in [2.45, 2.75) is 33.8 Å². The number of methoxy groups -OCH3 is 1. The molecule has 0 spiro atoms. The van der Waals surface area contributed by atoms with E-state index in [1.54, 1.807) is 7.11 Å². The largest absolute Gasteiger partial charge is 0.378 e. The number of aromatic nitrogens is 5. The predicted molar refractivity (Wildman–Crippen MR) is 103 cm³/mol. The van der Waals surface area contributed by atoms with Crippen molar-refractivity contribution in [2.24, 2.45) is 5.41 Å². The molecular formula is C20H20ClN5O. The first-order chi connectivity index (χ1) is 12.9. The van der Waals surface area contributed by atoms with Gasteiger partial charge >= 0.3 is 0 Å². The Morgan fingerprint density at radius 3 is 2.78 bits per heavy atom. The fourth-order valence-corrected chi connectivity index (χ4v) is 3.25. The highest BCUT2D eigenvalue weighted by molar-refractivity contribution is 6.30. The average molecular weight is 382 g/mol. The van der Waals surface area contributed by atoms with Crippen LogP contribution in [-0.4, -0.2) is 31.7 Å². The lowest BCUT2D eigenvalue weighted by atomic mass is 9.97. The molecule has 0 N–H and O–H groups in total. The summed E-state index contributed by atoms with van der Waals surface area (Å²) in [6.45, 7) is 6.65. The van der Waals surface area contributed by atoms with Gasteiger partial charge < -0.3 is 4.74 Å². The van der Waals surface area contributed by atoms with E-state index in [4.69, 9.17) is 16.3 Å². The predicted octanol–water partition coefficient (Wildman–Crippen LogP) is 3.55. The molecule has 1 aliphatic heterocycles. The smallest absolute Gasteiger partial charge is 0.135 e. The molecule has 1 aromatic carbocycles. The van der Waals surface area contributed by atoms with Crippen molar-refractivity contribution in [1.82, 2.24) is 24.5 Å². The molecule has 0 atom stereocenters. The van der Waals surface area contributed by atoms with E-state index in [9.17, 15) is 0 Å². The van der Waals surface area contributed by atoms with Crippen LogP contribution in [-0.2, 0) is 17.8 Å². The standard InChI is InChI=1S/C20H20ClN5O/c1-20(2,3)8-7-14-17-10-18-15(11-27-4)23-24-26(18)19-9-13(21)5-6-16(19)25(17)12-22-14/h5-6,9,12H,10-11H2,1-4H3. The Morgan fingerprint density at radius 2 is 2.04 bits per heavy atom. The van der Waals surface area contributed by atoms with Gasteiger partial charge in [-0.2, -0.15) is 0 Å². The molecule has 0 saturated heterocycles. The van der Waals surface area contributed by atoms with Gasteiger partial charge in [0.2, 0.25) is 0 Å². The molecule has 7 heteroatoms. The molecule has 0 aliphatic carbocycles. The van der Waals surface area contributed by atoms with Crippen LogP contribution < -0.4 is 0 Å². The topological polar surface area (TPSA) is 57.8 Å². The number of fused-ring (bicyclic) bond motifs is 5. The van der Waals surface area contributed by atoms with Gasteiger partial charge in [0.05, 0.1) is 29.4 Å². The fraction of sp³-hybridized carbons (Fsp3) is 0.350. The van der Waals surface area contributed by atoms with Crippen LogP contribution in [0.1, 0.15) is 43.5 Å². The molecule has 4 rings (SSSR count). The second-order valence-corrected chi connectivity index (χ2v) is 7.98. The summed E-state index contributed by atoms with van der Waals surface area (Å²) in [5.41, 5.74) is 5.23. The van der Waals surface area contributed by atoms with Gasteiger partial charge in [-0.25, -0.2) is 9.67 Å². The highest BCUT2D eigenvalue weighted by Gasteiger charge is 2.26. The zero-order valence-corrected chi connectivity index (χ0v) is 16.5. The van der Waals surface area contributed by atoms with Gasteiger partial charge in [0.25, 0.3) is 0 Å². The first-order valence-electron chi connectivity index (χ1n) is 8.69. The summed E-state index contributed by atoms with van der Waals surface area (Å²) in [7, 11) is 1.65. The molecule has 6 nitrogen and oxygen atoms in total. The Balaban J connectivity index is 1.96. The van der Waals surface area contributed by atoms with Crippen molar-refractivity contribution in [1.29, 1.82) is 0 Å². The van der Waals surface area contributed by atoms with Crippen LogP contribution in [0.4, 0.5) is 0 Å². The Labute approximate surface area is 163 Å². The molecule has 3 aromatic rings. The quantitative estimate of drug-likeness (QED) is 0.498. The summed E-state index contributed by atoms with van der Waals surface area (Å²) in [6.07, 6.45) is 2.41. The number of imidazole rings is 1. The monoisotopic (exact) mass is 381 g/mol. The number of hydrogen-bond donors (Lipinski definition) is 0. The number of rotatable bonds is 2. The molecule has 2 aromatic heterocycles. The summed E-state index contributed by atoms with van der Waals surface area (Å²) in [5.74, 6) is 6.52. The van der Waals surface area contributed by atoms with Crippen LogP contribution >= 0.6 is 11.6 Å². The number of ether oxygens (including phenoxy) is 1. The van der Waals surface area contributed by atoms with E-state index in [1.165, 1.54) is 0 Å². The lowest BCUT2D eigenvalue weighted by Crippen LogP contribution is -2.04. The lowest BCUT2D eigenvalue weighted by Gasteiger charge is -2.10. The molecule has 0 fully saturated rings. The van der Waals surface area contributed by atoms with Gasteiger partial charge in [-0.05, 0) is 44.9 Å². The minimum absolute atomic E-state index is 0.1000. The summed E-state index contributed by atoms with van der Waals surface area (Å²) in [4.78, 5) is 4.57. The average Bonchev–Trinajstić information content (AvgIpc) is 3.15. The molecule has 0 saturated carbocycles. The Morgan fingerprint density at radius 1 is 1.22 bits per heavy atom. The second-order valence-electron chi connectivity index (χ2n) is 7.55. The SMILES string of the molecule is COCc1nnn2c1Cc1c(C#CC(C)(C)C)ncn1-c1ccc(Cl)cc1-2. The number of hydrogen-bond acceptors (Lipinski definition) is 4. The summed E-state index contributed by atoms with van der Waals surface area (Å²) in [6, 6.07) is 5.72. The van der Waals surface area contributed by atoms with Crippen molar-refractivity contribution in [2.75, 3.05) is 7.11 Å². The highest BCUT2D eigenvalue weighted by atomic mass is 35.5. The minimum atomic E-state index is -0.1000. The van der Waals surface area contributed by atoms with E-state index < -0.39 is 0 Å².